The summed E-state index contributed by atoms with van der Waals surface area (Å²) in [5.74, 6) is -0.125. The number of hydrogen-bond donors (Lipinski definition) is 1. The lowest BCUT2D eigenvalue weighted by molar-refractivity contribution is 0.0997. The van der Waals surface area contributed by atoms with Crippen LogP contribution in [0, 0.1) is 13.8 Å². The molecule has 1 amide bonds. The maximum atomic E-state index is 12.4. The van der Waals surface area contributed by atoms with Crippen molar-refractivity contribution in [1.29, 1.82) is 0 Å². The Morgan fingerprint density at radius 3 is 2.19 bits per heavy atom. The molecule has 0 saturated heterocycles. The fraction of sp³-hybridized carbons (Fsp3) is 0.214. The lowest BCUT2D eigenvalue weighted by Crippen LogP contribution is -2.25. The molecule has 2 aromatic rings. The van der Waals surface area contributed by atoms with Gasteiger partial charge in [0.2, 0.25) is 10.0 Å². The van der Waals surface area contributed by atoms with Gasteiger partial charge in [-0.3, -0.25) is 4.79 Å². The van der Waals surface area contributed by atoms with Crippen LogP contribution in [-0.4, -0.2) is 21.4 Å². The Kier molecular flexibility index (Phi) is 4.18. The SMILES string of the molecule is Cc1cc(C(=O)N(C)c2ccc(S(N)(=O)=O)cc2)sc1C. The molecule has 112 valence electrons. The molecular formula is C14H16N2O3S2. The minimum Gasteiger partial charge on any atom is -0.311 e. The average molecular weight is 324 g/mol. The average Bonchev–Trinajstić information content (AvgIpc) is 2.76. The molecule has 1 heterocycles. The summed E-state index contributed by atoms with van der Waals surface area (Å²) in [4.78, 5) is 15.7. The number of primary sulfonamides is 1. The van der Waals surface area contributed by atoms with Crippen LogP contribution >= 0.6 is 11.3 Å². The van der Waals surface area contributed by atoms with E-state index in [0.29, 0.717) is 10.6 Å². The third-order valence-corrected chi connectivity index (χ3v) is 5.30. The predicted octanol–water partition coefficient (Wildman–Crippen LogP) is 2.29. The Balaban J connectivity index is 2.27. The molecule has 0 spiro atoms. The summed E-state index contributed by atoms with van der Waals surface area (Å²) >= 11 is 1.45. The van der Waals surface area contributed by atoms with Gasteiger partial charge in [-0.25, -0.2) is 13.6 Å². The van der Waals surface area contributed by atoms with E-state index in [2.05, 4.69) is 0 Å². The zero-order valence-corrected chi connectivity index (χ0v) is 13.6. The number of sulfonamides is 1. The number of nitrogens with zero attached hydrogens (tertiary/aromatic N) is 1. The van der Waals surface area contributed by atoms with E-state index in [1.165, 1.54) is 28.4 Å². The molecule has 21 heavy (non-hydrogen) atoms. The van der Waals surface area contributed by atoms with E-state index in [0.717, 1.165) is 10.4 Å². The Morgan fingerprint density at radius 1 is 1.19 bits per heavy atom. The van der Waals surface area contributed by atoms with Gasteiger partial charge in [-0.1, -0.05) is 0 Å². The van der Waals surface area contributed by atoms with Crippen molar-refractivity contribution in [3.63, 3.8) is 0 Å². The number of hydrogen-bond acceptors (Lipinski definition) is 4. The van der Waals surface area contributed by atoms with Gasteiger partial charge in [0.05, 0.1) is 9.77 Å². The second-order valence-corrected chi connectivity index (χ2v) is 7.57. The van der Waals surface area contributed by atoms with Gasteiger partial charge in [-0.2, -0.15) is 0 Å². The van der Waals surface area contributed by atoms with E-state index in [1.54, 1.807) is 19.2 Å². The highest BCUT2D eigenvalue weighted by Gasteiger charge is 2.17. The van der Waals surface area contributed by atoms with E-state index in [1.807, 2.05) is 19.9 Å². The summed E-state index contributed by atoms with van der Waals surface area (Å²) in [6.45, 7) is 3.93. The summed E-state index contributed by atoms with van der Waals surface area (Å²) in [6, 6.07) is 7.76. The topological polar surface area (TPSA) is 80.5 Å². The number of nitrogens with two attached hydrogens (primary N) is 1. The minimum atomic E-state index is -3.72. The molecule has 7 heteroatoms. The second kappa shape index (κ2) is 5.59. The Bertz CT molecular complexity index is 758. The highest BCUT2D eigenvalue weighted by molar-refractivity contribution is 7.89. The van der Waals surface area contributed by atoms with Crippen molar-refractivity contribution < 1.29 is 13.2 Å². The summed E-state index contributed by atoms with van der Waals surface area (Å²) < 4.78 is 22.4. The van der Waals surface area contributed by atoms with Crippen LogP contribution in [0.25, 0.3) is 0 Å². The molecule has 0 saturated carbocycles. The molecule has 5 nitrogen and oxygen atoms in total. The van der Waals surface area contributed by atoms with Crippen molar-refractivity contribution in [2.24, 2.45) is 5.14 Å². The van der Waals surface area contributed by atoms with Gasteiger partial charge >= 0.3 is 0 Å². The van der Waals surface area contributed by atoms with Gasteiger partial charge in [0.1, 0.15) is 0 Å². The first-order chi connectivity index (χ1) is 9.70. The molecule has 0 bridgehead atoms. The van der Waals surface area contributed by atoms with Crippen LogP contribution in [0.1, 0.15) is 20.1 Å². The summed E-state index contributed by atoms with van der Waals surface area (Å²) in [7, 11) is -2.07. The molecule has 2 rings (SSSR count). The maximum absolute atomic E-state index is 12.4. The molecule has 0 radical (unpaired) electrons. The van der Waals surface area contributed by atoms with Crippen molar-refractivity contribution in [2.45, 2.75) is 18.7 Å². The van der Waals surface area contributed by atoms with E-state index in [-0.39, 0.29) is 10.8 Å². The third kappa shape index (κ3) is 3.31. The molecule has 0 fully saturated rings. The molecule has 0 atom stereocenters. The van der Waals surface area contributed by atoms with Crippen LogP contribution in [0.4, 0.5) is 5.69 Å². The first-order valence-electron chi connectivity index (χ1n) is 6.18. The van der Waals surface area contributed by atoms with Gasteiger partial charge in [-0.15, -0.1) is 11.3 Å². The molecule has 0 unspecified atom stereocenters. The molecular weight excluding hydrogens is 308 g/mol. The fourth-order valence-electron chi connectivity index (χ4n) is 1.82. The van der Waals surface area contributed by atoms with Gasteiger partial charge < -0.3 is 4.90 Å². The molecule has 0 aliphatic rings. The molecule has 0 aliphatic heterocycles. The number of anilines is 1. The molecule has 1 aromatic heterocycles. The first kappa shape index (κ1) is 15.7. The zero-order valence-electron chi connectivity index (χ0n) is 12.0. The number of amides is 1. The molecule has 0 aliphatic carbocycles. The van der Waals surface area contributed by atoms with Crippen molar-refractivity contribution in [3.05, 3.63) is 45.6 Å². The Labute approximate surface area is 128 Å². The predicted molar refractivity (Wildman–Crippen MR) is 84.3 cm³/mol. The number of rotatable bonds is 3. The first-order valence-corrected chi connectivity index (χ1v) is 8.54. The molecule has 1 aromatic carbocycles. The van der Waals surface area contributed by atoms with E-state index in [9.17, 15) is 13.2 Å². The van der Waals surface area contributed by atoms with E-state index < -0.39 is 10.0 Å². The smallest absolute Gasteiger partial charge is 0.268 e. The lowest BCUT2D eigenvalue weighted by Gasteiger charge is -2.16. The van der Waals surface area contributed by atoms with Crippen LogP contribution < -0.4 is 10.0 Å². The number of benzene rings is 1. The standard InChI is InChI=1S/C14H16N2O3S2/c1-9-8-13(20-10(9)2)14(17)16(3)11-4-6-12(7-5-11)21(15,18)19/h4-8H,1-3H3,(H2,15,18,19). The second-order valence-electron chi connectivity index (χ2n) is 4.75. The largest absolute Gasteiger partial charge is 0.311 e. The van der Waals surface area contributed by atoms with Crippen LogP contribution in [0.3, 0.4) is 0 Å². The van der Waals surface area contributed by atoms with Gasteiger partial charge in [0, 0.05) is 17.6 Å². The van der Waals surface area contributed by atoms with E-state index >= 15 is 0 Å². The fourth-order valence-corrected chi connectivity index (χ4v) is 3.35. The normalized spacial score (nSPS) is 11.4. The highest BCUT2D eigenvalue weighted by Crippen LogP contribution is 2.24. The summed E-state index contributed by atoms with van der Waals surface area (Å²) in [5, 5.41) is 5.05. The zero-order chi connectivity index (χ0) is 15.8. The van der Waals surface area contributed by atoms with E-state index in [4.69, 9.17) is 5.14 Å². The van der Waals surface area contributed by atoms with Gasteiger partial charge in [-0.05, 0) is 49.7 Å². The Hall–Kier alpha value is -1.70. The quantitative estimate of drug-likeness (QED) is 0.940. The van der Waals surface area contributed by atoms with Crippen molar-refractivity contribution in [3.8, 4) is 0 Å². The Morgan fingerprint density at radius 2 is 1.76 bits per heavy atom. The highest BCUT2D eigenvalue weighted by atomic mass is 32.2. The van der Waals surface area contributed by atoms with Crippen LogP contribution in [0.5, 0.6) is 0 Å². The number of carbonyl (C=O) groups excluding carboxylic acids is 1. The summed E-state index contributed by atoms with van der Waals surface area (Å²) in [5.41, 5.74) is 1.69. The van der Waals surface area contributed by atoms with Crippen LogP contribution in [0.2, 0.25) is 0 Å². The molecule has 2 N–H and O–H groups in total. The monoisotopic (exact) mass is 324 g/mol. The minimum absolute atomic E-state index is 0.0231. The van der Waals surface area contributed by atoms with Gasteiger partial charge in [0.25, 0.3) is 5.91 Å². The van der Waals surface area contributed by atoms with Crippen LogP contribution in [-0.2, 0) is 10.0 Å². The van der Waals surface area contributed by atoms with Crippen molar-refractivity contribution in [2.75, 3.05) is 11.9 Å². The van der Waals surface area contributed by atoms with Crippen LogP contribution in [0.15, 0.2) is 35.2 Å². The number of carbonyl (C=O) groups is 1. The maximum Gasteiger partial charge on any atom is 0.268 e. The lowest BCUT2D eigenvalue weighted by atomic mass is 10.2. The van der Waals surface area contributed by atoms with Crippen molar-refractivity contribution in [1.82, 2.24) is 0 Å². The summed E-state index contributed by atoms with van der Waals surface area (Å²) in [6.07, 6.45) is 0. The number of aryl methyl sites for hydroxylation is 2. The van der Waals surface area contributed by atoms with Crippen molar-refractivity contribution >= 4 is 33.0 Å². The number of thiophene rings is 1. The third-order valence-electron chi connectivity index (χ3n) is 3.23. The van der Waals surface area contributed by atoms with Gasteiger partial charge in [0.15, 0.2) is 0 Å².